The summed E-state index contributed by atoms with van der Waals surface area (Å²) in [7, 11) is -3.72. The first kappa shape index (κ1) is 20.1. The molecule has 8 nitrogen and oxygen atoms in total. The molecule has 9 heteroatoms. The predicted molar refractivity (Wildman–Crippen MR) is 117 cm³/mol. The molecule has 1 aromatic carbocycles. The minimum absolute atomic E-state index is 0.0807. The molecule has 31 heavy (non-hydrogen) atoms. The second-order valence-electron chi connectivity index (χ2n) is 8.62. The van der Waals surface area contributed by atoms with Crippen LogP contribution in [-0.4, -0.2) is 29.5 Å². The quantitative estimate of drug-likeness (QED) is 0.604. The molecule has 2 aliphatic rings. The summed E-state index contributed by atoms with van der Waals surface area (Å²) in [5.41, 5.74) is 3.17. The first-order chi connectivity index (χ1) is 14.8. The van der Waals surface area contributed by atoms with Crippen LogP contribution in [0.2, 0.25) is 0 Å². The molecule has 0 spiro atoms. The number of pyridine rings is 1. The third-order valence-electron chi connectivity index (χ3n) is 6.18. The van der Waals surface area contributed by atoms with Crippen LogP contribution in [0.1, 0.15) is 43.5 Å². The molecule has 0 aliphatic heterocycles. The Hall–Kier alpha value is -2.78. The van der Waals surface area contributed by atoms with Crippen LogP contribution in [-0.2, 0) is 10.0 Å². The Bertz CT molecular complexity index is 1240. The number of aryl methyl sites for hydroxylation is 1. The number of nitrogens with zero attached hydrogens (tertiary/aromatic N) is 3. The SMILES string of the molecule is Cc1ccc2nc(N[C@H](C)c3ccc(S(N)(=O)=O)cc3)nc(O[C@@H]3C[C@@H]4C[C@@H]4C3)c2n1. The fourth-order valence-corrected chi connectivity index (χ4v) is 4.88. The van der Waals surface area contributed by atoms with Gasteiger partial charge in [-0.1, -0.05) is 12.1 Å². The standard InChI is InChI=1S/C22H25N5O3S/c1-12-3-8-19-20(24-12)21(30-17-10-15-9-16(15)11-17)27-22(26-19)25-13(2)14-4-6-18(7-5-14)31(23,28)29/h3-8,13,15-17H,9-11H2,1-2H3,(H2,23,28,29)(H,25,26,27)/t13-,15-,16+,17+/m1/s1. The molecule has 162 valence electrons. The van der Waals surface area contributed by atoms with Gasteiger partial charge in [-0.2, -0.15) is 4.98 Å². The molecule has 0 amide bonds. The molecule has 0 unspecified atom stereocenters. The summed E-state index contributed by atoms with van der Waals surface area (Å²) in [5.74, 6) is 2.58. The summed E-state index contributed by atoms with van der Waals surface area (Å²) in [6, 6.07) is 10.1. The zero-order chi connectivity index (χ0) is 21.8. The average Bonchev–Trinajstić information content (AvgIpc) is 3.33. The Labute approximate surface area is 181 Å². The van der Waals surface area contributed by atoms with E-state index in [2.05, 4.69) is 20.3 Å². The normalized spacial score (nSPS) is 23.4. The number of hydrogen-bond donors (Lipinski definition) is 2. The lowest BCUT2D eigenvalue weighted by Gasteiger charge is -2.18. The fraction of sp³-hybridized carbons (Fsp3) is 0.409. The van der Waals surface area contributed by atoms with Crippen LogP contribution in [0.4, 0.5) is 5.95 Å². The van der Waals surface area contributed by atoms with E-state index < -0.39 is 10.0 Å². The smallest absolute Gasteiger partial charge is 0.245 e. The molecule has 2 fully saturated rings. The van der Waals surface area contributed by atoms with Gasteiger partial charge in [0.15, 0.2) is 5.52 Å². The lowest BCUT2D eigenvalue weighted by atomic mass is 10.1. The third kappa shape index (κ3) is 4.20. The number of rotatable bonds is 6. The Morgan fingerprint density at radius 2 is 1.74 bits per heavy atom. The number of hydrogen-bond acceptors (Lipinski definition) is 7. The minimum Gasteiger partial charge on any atom is -0.473 e. The van der Waals surface area contributed by atoms with Gasteiger partial charge in [-0.25, -0.2) is 23.5 Å². The van der Waals surface area contributed by atoms with Gasteiger partial charge in [0.25, 0.3) is 0 Å². The lowest BCUT2D eigenvalue weighted by molar-refractivity contribution is 0.189. The van der Waals surface area contributed by atoms with E-state index >= 15 is 0 Å². The number of nitrogens with two attached hydrogens (primary N) is 1. The van der Waals surface area contributed by atoms with Crippen LogP contribution >= 0.6 is 0 Å². The van der Waals surface area contributed by atoms with E-state index in [0.29, 0.717) is 17.3 Å². The van der Waals surface area contributed by atoms with Gasteiger partial charge in [0.05, 0.1) is 16.5 Å². The average molecular weight is 440 g/mol. The number of nitrogens with one attached hydrogen (secondary N) is 1. The first-order valence-electron chi connectivity index (χ1n) is 10.5. The van der Waals surface area contributed by atoms with Crippen LogP contribution in [0.25, 0.3) is 11.0 Å². The van der Waals surface area contributed by atoms with Gasteiger partial charge in [0.2, 0.25) is 21.9 Å². The van der Waals surface area contributed by atoms with E-state index in [1.165, 1.54) is 18.6 Å². The molecule has 0 saturated heterocycles. The van der Waals surface area contributed by atoms with Crippen LogP contribution < -0.4 is 15.2 Å². The van der Waals surface area contributed by atoms with Gasteiger partial charge in [-0.15, -0.1) is 0 Å². The maximum Gasteiger partial charge on any atom is 0.245 e. The van der Waals surface area contributed by atoms with Gasteiger partial charge >= 0.3 is 0 Å². The molecule has 0 radical (unpaired) electrons. The van der Waals surface area contributed by atoms with E-state index in [1.54, 1.807) is 12.1 Å². The lowest BCUT2D eigenvalue weighted by Crippen LogP contribution is -2.17. The first-order valence-corrected chi connectivity index (χ1v) is 12.0. The summed E-state index contributed by atoms with van der Waals surface area (Å²) in [6.45, 7) is 3.89. The maximum atomic E-state index is 11.5. The molecule has 0 bridgehead atoms. The van der Waals surface area contributed by atoms with Crippen molar-refractivity contribution in [3.63, 3.8) is 0 Å². The van der Waals surface area contributed by atoms with Gasteiger partial charge in [0.1, 0.15) is 6.10 Å². The summed E-state index contributed by atoms with van der Waals surface area (Å²) in [4.78, 5) is 14.0. The second kappa shape index (κ2) is 7.42. The number of anilines is 1. The number of sulfonamides is 1. The number of benzene rings is 1. The Balaban J connectivity index is 1.41. The summed E-state index contributed by atoms with van der Waals surface area (Å²) < 4.78 is 29.2. The Morgan fingerprint density at radius 3 is 2.42 bits per heavy atom. The van der Waals surface area contributed by atoms with Crippen molar-refractivity contribution in [2.75, 3.05) is 5.32 Å². The van der Waals surface area contributed by atoms with Crippen LogP contribution in [0.3, 0.4) is 0 Å². The highest BCUT2D eigenvalue weighted by molar-refractivity contribution is 7.89. The Morgan fingerprint density at radius 1 is 1.03 bits per heavy atom. The van der Waals surface area contributed by atoms with Crippen molar-refractivity contribution in [2.45, 2.75) is 50.2 Å². The van der Waals surface area contributed by atoms with Crippen molar-refractivity contribution in [1.82, 2.24) is 15.0 Å². The van der Waals surface area contributed by atoms with Crippen LogP contribution in [0.5, 0.6) is 5.88 Å². The number of ether oxygens (including phenoxy) is 1. The highest BCUT2D eigenvalue weighted by Crippen LogP contribution is 2.52. The zero-order valence-corrected chi connectivity index (χ0v) is 18.3. The molecule has 2 aliphatic carbocycles. The van der Waals surface area contributed by atoms with Crippen molar-refractivity contribution in [2.24, 2.45) is 17.0 Å². The third-order valence-corrected chi connectivity index (χ3v) is 7.11. The highest BCUT2D eigenvalue weighted by atomic mass is 32.2. The van der Waals surface area contributed by atoms with Gasteiger partial charge in [0, 0.05) is 5.69 Å². The van der Waals surface area contributed by atoms with Crippen LogP contribution in [0, 0.1) is 18.8 Å². The maximum absolute atomic E-state index is 11.5. The zero-order valence-electron chi connectivity index (χ0n) is 17.4. The number of primary sulfonamides is 1. The van der Waals surface area contributed by atoms with Gasteiger partial charge in [-0.3, -0.25) is 0 Å². The summed E-state index contributed by atoms with van der Waals surface area (Å²) in [6.07, 6.45) is 3.67. The molecule has 3 N–H and O–H groups in total. The van der Waals surface area contributed by atoms with E-state index in [4.69, 9.17) is 9.88 Å². The highest BCUT2D eigenvalue weighted by Gasteiger charge is 2.47. The molecule has 5 rings (SSSR count). The van der Waals surface area contributed by atoms with E-state index in [-0.39, 0.29) is 17.0 Å². The van der Waals surface area contributed by atoms with E-state index in [1.807, 2.05) is 26.0 Å². The molecule has 2 aromatic heterocycles. The van der Waals surface area contributed by atoms with Crippen molar-refractivity contribution in [3.05, 3.63) is 47.7 Å². The Kier molecular flexibility index (Phi) is 4.82. The van der Waals surface area contributed by atoms with Gasteiger partial charge in [-0.05, 0) is 74.8 Å². The minimum atomic E-state index is -3.72. The summed E-state index contributed by atoms with van der Waals surface area (Å²) >= 11 is 0. The molecule has 2 saturated carbocycles. The van der Waals surface area contributed by atoms with Crippen molar-refractivity contribution in [1.29, 1.82) is 0 Å². The van der Waals surface area contributed by atoms with Crippen molar-refractivity contribution in [3.8, 4) is 5.88 Å². The topological polar surface area (TPSA) is 120 Å². The van der Waals surface area contributed by atoms with Crippen molar-refractivity contribution >= 4 is 27.0 Å². The second-order valence-corrected chi connectivity index (χ2v) is 10.2. The van der Waals surface area contributed by atoms with Gasteiger partial charge < -0.3 is 10.1 Å². The summed E-state index contributed by atoms with van der Waals surface area (Å²) in [5, 5.41) is 8.48. The molecule has 2 heterocycles. The number of fused-ring (bicyclic) bond motifs is 2. The van der Waals surface area contributed by atoms with E-state index in [9.17, 15) is 8.42 Å². The van der Waals surface area contributed by atoms with E-state index in [0.717, 1.165) is 41.5 Å². The van der Waals surface area contributed by atoms with Crippen LogP contribution in [0.15, 0.2) is 41.3 Å². The monoisotopic (exact) mass is 439 g/mol. The molecule has 4 atom stereocenters. The number of aromatic nitrogens is 3. The predicted octanol–water partition coefficient (Wildman–Crippen LogP) is 3.33. The fourth-order valence-electron chi connectivity index (χ4n) is 4.37. The van der Waals surface area contributed by atoms with Crippen molar-refractivity contribution < 1.29 is 13.2 Å². The largest absolute Gasteiger partial charge is 0.473 e. The molecular weight excluding hydrogens is 414 g/mol. The molecular formula is C22H25N5O3S. The molecule has 3 aromatic rings.